The van der Waals surface area contributed by atoms with Crippen molar-refractivity contribution in [2.45, 2.75) is 32.2 Å². The van der Waals surface area contributed by atoms with Crippen molar-refractivity contribution < 1.29 is 4.79 Å². The molecular formula is C13H14Br2N2O. The number of amides is 1. The van der Waals surface area contributed by atoms with Gasteiger partial charge < -0.3 is 5.32 Å². The van der Waals surface area contributed by atoms with Gasteiger partial charge in [0.1, 0.15) is 5.54 Å². The standard InChI is InChI=1S/C13H14Br2N2O/c1-3-13(4-2,8-16)17-12(18)10-7-9(14)5-6-11(10)15/h5-7H,3-4H2,1-2H3,(H,17,18). The molecule has 0 radical (unpaired) electrons. The predicted molar refractivity (Wildman–Crippen MR) is 78.2 cm³/mol. The van der Waals surface area contributed by atoms with Crippen molar-refractivity contribution in [1.82, 2.24) is 5.32 Å². The number of benzene rings is 1. The second-order valence-corrected chi connectivity index (χ2v) is 5.75. The van der Waals surface area contributed by atoms with Gasteiger partial charge in [-0.25, -0.2) is 0 Å². The minimum absolute atomic E-state index is 0.242. The van der Waals surface area contributed by atoms with Crippen molar-refractivity contribution in [2.75, 3.05) is 0 Å². The third-order valence-corrected chi connectivity index (χ3v) is 4.13. The number of halogens is 2. The molecule has 96 valence electrons. The Labute approximate surface area is 124 Å². The largest absolute Gasteiger partial charge is 0.334 e. The second kappa shape index (κ2) is 6.35. The van der Waals surface area contributed by atoms with E-state index in [0.29, 0.717) is 22.9 Å². The molecule has 0 spiro atoms. The lowest BCUT2D eigenvalue weighted by Gasteiger charge is -2.25. The van der Waals surface area contributed by atoms with Crippen LogP contribution in [0.2, 0.25) is 0 Å². The van der Waals surface area contributed by atoms with E-state index in [-0.39, 0.29) is 5.91 Å². The van der Waals surface area contributed by atoms with Crippen LogP contribution in [0.25, 0.3) is 0 Å². The number of nitriles is 1. The van der Waals surface area contributed by atoms with E-state index in [1.807, 2.05) is 19.9 Å². The van der Waals surface area contributed by atoms with Gasteiger partial charge in [0.2, 0.25) is 0 Å². The molecule has 1 aromatic carbocycles. The molecule has 18 heavy (non-hydrogen) atoms. The van der Waals surface area contributed by atoms with Crippen LogP contribution in [0.3, 0.4) is 0 Å². The molecule has 0 fully saturated rings. The summed E-state index contributed by atoms with van der Waals surface area (Å²) >= 11 is 6.67. The number of rotatable bonds is 4. The van der Waals surface area contributed by atoms with Gasteiger partial charge in [0.25, 0.3) is 5.91 Å². The van der Waals surface area contributed by atoms with Gasteiger partial charge in [-0.3, -0.25) is 4.79 Å². The van der Waals surface area contributed by atoms with Crippen LogP contribution < -0.4 is 5.32 Å². The Morgan fingerprint density at radius 3 is 2.50 bits per heavy atom. The van der Waals surface area contributed by atoms with E-state index in [2.05, 4.69) is 43.2 Å². The minimum atomic E-state index is -0.793. The van der Waals surface area contributed by atoms with Gasteiger partial charge in [-0.15, -0.1) is 0 Å². The first-order valence-electron chi connectivity index (χ1n) is 5.67. The zero-order chi connectivity index (χ0) is 13.8. The van der Waals surface area contributed by atoms with E-state index < -0.39 is 5.54 Å². The zero-order valence-corrected chi connectivity index (χ0v) is 13.4. The maximum Gasteiger partial charge on any atom is 0.253 e. The molecule has 0 aliphatic carbocycles. The first-order chi connectivity index (χ1) is 8.48. The van der Waals surface area contributed by atoms with Gasteiger partial charge in [0, 0.05) is 8.95 Å². The molecule has 0 unspecified atom stereocenters. The number of carbonyl (C=O) groups is 1. The summed E-state index contributed by atoms with van der Waals surface area (Å²) < 4.78 is 1.54. The zero-order valence-electron chi connectivity index (χ0n) is 10.3. The van der Waals surface area contributed by atoms with Gasteiger partial charge in [0.15, 0.2) is 0 Å². The van der Waals surface area contributed by atoms with Crippen molar-refractivity contribution in [2.24, 2.45) is 0 Å². The van der Waals surface area contributed by atoms with Crippen molar-refractivity contribution in [3.05, 3.63) is 32.7 Å². The van der Waals surface area contributed by atoms with Crippen LogP contribution in [0.15, 0.2) is 27.1 Å². The topological polar surface area (TPSA) is 52.9 Å². The summed E-state index contributed by atoms with van der Waals surface area (Å²) in [6, 6.07) is 7.56. The molecule has 0 aliphatic rings. The predicted octanol–water partition coefficient (Wildman–Crippen LogP) is 4.02. The number of hydrogen-bond donors (Lipinski definition) is 1. The van der Waals surface area contributed by atoms with Crippen LogP contribution in [-0.4, -0.2) is 11.4 Å². The van der Waals surface area contributed by atoms with E-state index in [1.165, 1.54) is 0 Å². The van der Waals surface area contributed by atoms with E-state index in [0.717, 1.165) is 4.47 Å². The molecule has 1 N–H and O–H groups in total. The molecule has 0 saturated heterocycles. The molecule has 0 aliphatic heterocycles. The Bertz CT molecular complexity index is 490. The molecule has 3 nitrogen and oxygen atoms in total. The normalized spacial score (nSPS) is 10.8. The molecule has 1 aromatic rings. The molecule has 5 heteroatoms. The van der Waals surface area contributed by atoms with E-state index in [9.17, 15) is 10.1 Å². The summed E-state index contributed by atoms with van der Waals surface area (Å²) in [6.45, 7) is 3.78. The lowest BCUT2D eigenvalue weighted by atomic mass is 9.94. The average molecular weight is 374 g/mol. The molecule has 1 rings (SSSR count). The molecule has 0 saturated carbocycles. The highest BCUT2D eigenvalue weighted by Crippen LogP contribution is 2.23. The highest BCUT2D eigenvalue weighted by Gasteiger charge is 2.28. The third kappa shape index (κ3) is 3.33. The van der Waals surface area contributed by atoms with Gasteiger partial charge in [-0.2, -0.15) is 5.26 Å². The Kier molecular flexibility index (Phi) is 5.36. The highest BCUT2D eigenvalue weighted by molar-refractivity contribution is 9.11. The SMILES string of the molecule is CCC(C#N)(CC)NC(=O)c1cc(Br)ccc1Br. The lowest BCUT2D eigenvalue weighted by molar-refractivity contribution is 0.0914. The van der Waals surface area contributed by atoms with Crippen LogP contribution >= 0.6 is 31.9 Å². The summed E-state index contributed by atoms with van der Waals surface area (Å²) in [5.74, 6) is -0.242. The van der Waals surface area contributed by atoms with E-state index in [4.69, 9.17) is 0 Å². The van der Waals surface area contributed by atoms with Crippen molar-refractivity contribution in [3.8, 4) is 6.07 Å². The third-order valence-electron chi connectivity index (χ3n) is 2.95. The maximum absolute atomic E-state index is 12.2. The molecule has 0 bridgehead atoms. The summed E-state index contributed by atoms with van der Waals surface area (Å²) in [5.41, 5.74) is -0.273. The monoisotopic (exact) mass is 372 g/mol. The minimum Gasteiger partial charge on any atom is -0.334 e. The molecular weight excluding hydrogens is 360 g/mol. The lowest BCUT2D eigenvalue weighted by Crippen LogP contribution is -2.46. The van der Waals surface area contributed by atoms with Gasteiger partial charge in [0.05, 0.1) is 11.6 Å². The number of hydrogen-bond acceptors (Lipinski definition) is 2. The van der Waals surface area contributed by atoms with Gasteiger partial charge in [-0.05, 0) is 47.0 Å². The molecule has 1 amide bonds. The first kappa shape index (κ1) is 15.2. The molecule has 0 atom stereocenters. The summed E-state index contributed by atoms with van der Waals surface area (Å²) in [6.07, 6.45) is 1.16. The molecule has 0 aromatic heterocycles. The second-order valence-electron chi connectivity index (χ2n) is 3.98. The Balaban J connectivity index is 3.02. The van der Waals surface area contributed by atoms with Crippen LogP contribution in [0.4, 0.5) is 0 Å². The van der Waals surface area contributed by atoms with E-state index >= 15 is 0 Å². The summed E-state index contributed by atoms with van der Waals surface area (Å²) in [5, 5.41) is 12.0. The fraction of sp³-hybridized carbons (Fsp3) is 0.385. The Morgan fingerprint density at radius 2 is 2.00 bits per heavy atom. The fourth-order valence-electron chi connectivity index (χ4n) is 1.57. The highest BCUT2D eigenvalue weighted by atomic mass is 79.9. The van der Waals surface area contributed by atoms with E-state index in [1.54, 1.807) is 12.1 Å². The van der Waals surface area contributed by atoms with Crippen LogP contribution in [0.5, 0.6) is 0 Å². The maximum atomic E-state index is 12.2. The number of nitrogens with one attached hydrogen (secondary N) is 1. The number of nitrogens with zero attached hydrogens (tertiary/aromatic N) is 1. The summed E-state index contributed by atoms with van der Waals surface area (Å²) in [4.78, 5) is 12.2. The van der Waals surface area contributed by atoms with Crippen LogP contribution in [0, 0.1) is 11.3 Å². The fourth-order valence-corrected chi connectivity index (χ4v) is 2.36. The smallest absolute Gasteiger partial charge is 0.253 e. The average Bonchev–Trinajstić information content (AvgIpc) is 2.38. The first-order valence-corrected chi connectivity index (χ1v) is 7.25. The van der Waals surface area contributed by atoms with Crippen molar-refractivity contribution >= 4 is 37.8 Å². The van der Waals surface area contributed by atoms with Gasteiger partial charge in [-0.1, -0.05) is 29.8 Å². The van der Waals surface area contributed by atoms with Crippen LogP contribution in [0.1, 0.15) is 37.0 Å². The Morgan fingerprint density at radius 1 is 1.39 bits per heavy atom. The Hall–Kier alpha value is -0.860. The van der Waals surface area contributed by atoms with Gasteiger partial charge >= 0.3 is 0 Å². The van der Waals surface area contributed by atoms with Crippen molar-refractivity contribution in [1.29, 1.82) is 5.26 Å². The molecule has 0 heterocycles. The van der Waals surface area contributed by atoms with Crippen LogP contribution in [-0.2, 0) is 0 Å². The number of carbonyl (C=O) groups excluding carboxylic acids is 1. The quantitative estimate of drug-likeness (QED) is 0.866. The van der Waals surface area contributed by atoms with Crippen molar-refractivity contribution in [3.63, 3.8) is 0 Å². The summed E-state index contributed by atoms with van der Waals surface area (Å²) in [7, 11) is 0.